The van der Waals surface area contributed by atoms with Crippen LogP contribution in [0.5, 0.6) is 0 Å². The summed E-state index contributed by atoms with van der Waals surface area (Å²) in [7, 11) is 1.62. The average Bonchev–Trinajstić information content (AvgIpc) is 2.23. The predicted molar refractivity (Wildman–Crippen MR) is 69.8 cm³/mol. The molecule has 0 bridgehead atoms. The minimum absolute atomic E-state index is 0.0269. The van der Waals surface area contributed by atoms with Crippen molar-refractivity contribution in [2.45, 2.75) is 53.6 Å². The first-order chi connectivity index (χ1) is 7.86. The van der Waals surface area contributed by atoms with Crippen LogP contribution in [0.1, 0.15) is 47.5 Å². The molecule has 0 aliphatic rings. The minimum Gasteiger partial charge on any atom is -0.463 e. The van der Waals surface area contributed by atoms with E-state index in [1.807, 2.05) is 6.92 Å². The molecule has 0 radical (unpaired) electrons. The lowest BCUT2D eigenvalue weighted by Crippen LogP contribution is -2.25. The summed E-state index contributed by atoms with van der Waals surface area (Å²) in [5.41, 5.74) is 0. The van der Waals surface area contributed by atoms with Crippen molar-refractivity contribution in [3.8, 4) is 0 Å². The summed E-state index contributed by atoms with van der Waals surface area (Å²) in [5, 5.41) is 0. The molecule has 0 rings (SSSR count). The Morgan fingerprint density at radius 2 is 1.47 bits per heavy atom. The van der Waals surface area contributed by atoms with Gasteiger partial charge in [0.25, 0.3) is 0 Å². The molecule has 0 aromatic carbocycles. The Morgan fingerprint density at radius 3 is 1.82 bits per heavy atom. The van der Waals surface area contributed by atoms with Gasteiger partial charge in [-0.15, -0.1) is 0 Å². The molecule has 0 heterocycles. The Labute approximate surface area is 106 Å². The molecule has 0 fully saturated rings. The highest BCUT2D eigenvalue weighted by Gasteiger charge is 2.22. The zero-order valence-corrected chi connectivity index (χ0v) is 12.2. The summed E-state index contributed by atoms with van der Waals surface area (Å²) >= 11 is 0. The quantitative estimate of drug-likeness (QED) is 0.615. The highest BCUT2D eigenvalue weighted by Crippen LogP contribution is 2.21. The molecule has 17 heavy (non-hydrogen) atoms. The van der Waals surface area contributed by atoms with Crippen LogP contribution < -0.4 is 0 Å². The molecule has 0 amide bonds. The van der Waals surface area contributed by atoms with Gasteiger partial charge in [-0.05, 0) is 31.6 Å². The van der Waals surface area contributed by atoms with Gasteiger partial charge in [-0.2, -0.15) is 0 Å². The Kier molecular flexibility index (Phi) is 8.23. The van der Waals surface area contributed by atoms with Crippen LogP contribution in [0.25, 0.3) is 0 Å². The van der Waals surface area contributed by atoms with Crippen LogP contribution in [-0.4, -0.2) is 25.8 Å². The molecule has 0 aliphatic carbocycles. The molecule has 0 saturated heterocycles. The second-order valence-corrected chi connectivity index (χ2v) is 5.63. The number of carbonyl (C=O) groups is 1. The summed E-state index contributed by atoms with van der Waals surface area (Å²) in [6.45, 7) is 10.8. The second kappa shape index (κ2) is 8.51. The second-order valence-electron chi connectivity index (χ2n) is 5.63. The van der Waals surface area contributed by atoms with E-state index >= 15 is 0 Å². The van der Waals surface area contributed by atoms with Gasteiger partial charge in [-0.3, -0.25) is 4.79 Å². The summed E-state index contributed by atoms with van der Waals surface area (Å²) in [4.78, 5) is 12.0. The topological polar surface area (TPSA) is 35.5 Å². The van der Waals surface area contributed by atoms with E-state index in [0.29, 0.717) is 18.4 Å². The number of rotatable bonds is 8. The fourth-order valence-electron chi connectivity index (χ4n) is 1.81. The number of hydrogen-bond donors (Lipinski definition) is 0. The van der Waals surface area contributed by atoms with E-state index in [1.54, 1.807) is 7.11 Å². The van der Waals surface area contributed by atoms with Gasteiger partial charge >= 0.3 is 5.97 Å². The normalized spacial score (nSPS) is 13.5. The van der Waals surface area contributed by atoms with Gasteiger partial charge in [0.05, 0.1) is 12.0 Å². The van der Waals surface area contributed by atoms with Gasteiger partial charge in [0.1, 0.15) is 6.61 Å². The molecular formula is C14H28O3. The minimum atomic E-state index is -0.0729. The Morgan fingerprint density at radius 1 is 1.00 bits per heavy atom. The molecule has 0 aliphatic heterocycles. The first kappa shape index (κ1) is 16.4. The number of esters is 1. The number of carbonyl (C=O) groups excluding carboxylic acids is 1. The van der Waals surface area contributed by atoms with Gasteiger partial charge in [-0.1, -0.05) is 27.7 Å². The van der Waals surface area contributed by atoms with E-state index in [4.69, 9.17) is 9.47 Å². The predicted octanol–water partition coefficient (Wildman–Crippen LogP) is 3.27. The van der Waals surface area contributed by atoms with Crippen molar-refractivity contribution >= 4 is 5.97 Å². The summed E-state index contributed by atoms with van der Waals surface area (Å²) < 4.78 is 10.4. The summed E-state index contributed by atoms with van der Waals surface area (Å²) in [6, 6.07) is 0. The van der Waals surface area contributed by atoms with Crippen LogP contribution in [0.2, 0.25) is 0 Å². The number of hydrogen-bond acceptors (Lipinski definition) is 3. The zero-order valence-electron chi connectivity index (χ0n) is 12.2. The molecule has 0 spiro atoms. The molecule has 3 heteroatoms. The first-order valence-electron chi connectivity index (χ1n) is 6.56. The van der Waals surface area contributed by atoms with E-state index in [9.17, 15) is 4.79 Å². The fraction of sp³-hybridized carbons (Fsp3) is 0.929. The van der Waals surface area contributed by atoms with Crippen molar-refractivity contribution in [3.05, 3.63) is 0 Å². The maximum Gasteiger partial charge on any atom is 0.309 e. The molecular weight excluding hydrogens is 216 g/mol. The number of ether oxygens (including phenoxy) is 2. The van der Waals surface area contributed by atoms with Crippen LogP contribution in [0.15, 0.2) is 0 Å². The molecule has 0 aromatic heterocycles. The van der Waals surface area contributed by atoms with E-state index in [-0.39, 0.29) is 18.0 Å². The van der Waals surface area contributed by atoms with Gasteiger partial charge in [-0.25, -0.2) is 0 Å². The van der Waals surface area contributed by atoms with Gasteiger partial charge in [0.2, 0.25) is 0 Å². The third-order valence-corrected chi connectivity index (χ3v) is 2.71. The van der Waals surface area contributed by atoms with Gasteiger partial charge in [0, 0.05) is 7.11 Å². The van der Waals surface area contributed by atoms with Gasteiger partial charge < -0.3 is 9.47 Å². The highest BCUT2D eigenvalue weighted by molar-refractivity contribution is 5.72. The fourth-order valence-corrected chi connectivity index (χ4v) is 1.81. The van der Waals surface area contributed by atoms with Crippen LogP contribution in [0.3, 0.4) is 0 Å². The van der Waals surface area contributed by atoms with Crippen molar-refractivity contribution in [2.75, 3.05) is 13.7 Å². The largest absolute Gasteiger partial charge is 0.463 e. The monoisotopic (exact) mass is 244 g/mol. The lowest BCUT2D eigenvalue weighted by molar-refractivity contribution is -0.153. The summed E-state index contributed by atoms with van der Waals surface area (Å²) in [5.74, 6) is 0.993. The standard InChI is InChI=1S/C14H28O3/c1-10(2)7-13(8-11(3)4)14(15)17-9-12(5)16-6/h10-13H,7-9H2,1-6H3. The maximum absolute atomic E-state index is 12.0. The molecule has 0 saturated carbocycles. The maximum atomic E-state index is 12.0. The Bertz CT molecular complexity index is 202. The van der Waals surface area contributed by atoms with Crippen molar-refractivity contribution in [2.24, 2.45) is 17.8 Å². The summed E-state index contributed by atoms with van der Waals surface area (Å²) in [6.07, 6.45) is 1.77. The molecule has 1 atom stereocenters. The van der Waals surface area contributed by atoms with Crippen LogP contribution in [-0.2, 0) is 14.3 Å². The van der Waals surface area contributed by atoms with E-state index in [2.05, 4.69) is 27.7 Å². The third kappa shape index (κ3) is 8.19. The smallest absolute Gasteiger partial charge is 0.309 e. The van der Waals surface area contributed by atoms with Gasteiger partial charge in [0.15, 0.2) is 0 Å². The molecule has 0 aromatic rings. The zero-order chi connectivity index (χ0) is 13.4. The highest BCUT2D eigenvalue weighted by atomic mass is 16.6. The first-order valence-corrected chi connectivity index (χ1v) is 6.56. The third-order valence-electron chi connectivity index (χ3n) is 2.71. The number of methoxy groups -OCH3 is 1. The van der Waals surface area contributed by atoms with E-state index < -0.39 is 0 Å². The van der Waals surface area contributed by atoms with Crippen LogP contribution >= 0.6 is 0 Å². The SMILES string of the molecule is COC(C)COC(=O)C(CC(C)C)CC(C)C. The lowest BCUT2D eigenvalue weighted by Gasteiger charge is -2.20. The van der Waals surface area contributed by atoms with Crippen molar-refractivity contribution < 1.29 is 14.3 Å². The van der Waals surface area contributed by atoms with Crippen molar-refractivity contribution in [3.63, 3.8) is 0 Å². The van der Waals surface area contributed by atoms with Crippen molar-refractivity contribution in [1.82, 2.24) is 0 Å². The van der Waals surface area contributed by atoms with Crippen molar-refractivity contribution in [1.29, 1.82) is 0 Å². The molecule has 1 unspecified atom stereocenters. The van der Waals surface area contributed by atoms with Crippen LogP contribution in [0, 0.1) is 17.8 Å². The molecule has 102 valence electrons. The molecule has 3 nitrogen and oxygen atoms in total. The lowest BCUT2D eigenvalue weighted by atomic mass is 9.89. The molecule has 0 N–H and O–H groups in total. The Balaban J connectivity index is 4.21. The average molecular weight is 244 g/mol. The van der Waals surface area contributed by atoms with Crippen LogP contribution in [0.4, 0.5) is 0 Å². The Hall–Kier alpha value is -0.570. The van der Waals surface area contributed by atoms with E-state index in [0.717, 1.165) is 12.8 Å². The van der Waals surface area contributed by atoms with E-state index in [1.165, 1.54) is 0 Å².